The molecule has 2 fully saturated rings. The van der Waals surface area contributed by atoms with Crippen LogP contribution in [0.4, 0.5) is 23.1 Å². The minimum Gasteiger partial charge on any atom is -0.481 e. The van der Waals surface area contributed by atoms with Gasteiger partial charge >= 0.3 is 5.97 Å². The topological polar surface area (TPSA) is 90.8 Å². The third kappa shape index (κ3) is 4.33. The number of nitrogens with zero attached hydrogens (tertiary/aromatic N) is 4. The van der Waals surface area contributed by atoms with Crippen molar-refractivity contribution < 1.29 is 14.6 Å². The number of nitrogens with one attached hydrogen (secondary N) is 1. The first-order valence-electron chi connectivity index (χ1n) is 9.69. The molecule has 148 valence electrons. The Hall–Kier alpha value is -2.87. The fraction of sp³-hybridized carbons (Fsp3) is 0.450. The molecule has 1 aromatic heterocycles. The van der Waals surface area contributed by atoms with E-state index >= 15 is 0 Å². The molecular formula is C20H25N5O3. The van der Waals surface area contributed by atoms with E-state index in [2.05, 4.69) is 32.3 Å². The van der Waals surface area contributed by atoms with Gasteiger partial charge in [0.25, 0.3) is 0 Å². The Morgan fingerprint density at radius 3 is 2.64 bits per heavy atom. The summed E-state index contributed by atoms with van der Waals surface area (Å²) < 4.78 is 5.40. The third-order valence-electron chi connectivity index (χ3n) is 5.24. The van der Waals surface area contributed by atoms with E-state index in [-0.39, 0.29) is 5.92 Å². The normalized spacial score (nSPS) is 20.1. The number of rotatable bonds is 5. The van der Waals surface area contributed by atoms with Crippen molar-refractivity contribution in [2.24, 2.45) is 5.92 Å². The summed E-state index contributed by atoms with van der Waals surface area (Å²) in [6.45, 7) is 4.64. The van der Waals surface area contributed by atoms with Gasteiger partial charge in [0.15, 0.2) is 0 Å². The van der Waals surface area contributed by atoms with Crippen molar-refractivity contribution in [2.45, 2.75) is 12.8 Å². The van der Waals surface area contributed by atoms with Gasteiger partial charge in [0.2, 0.25) is 5.95 Å². The SMILES string of the molecule is O=C(O)C1CCCN(c2ccnc(Nc3ccc(N4CCOCC4)cc3)n2)C1. The first kappa shape index (κ1) is 18.5. The highest BCUT2D eigenvalue weighted by molar-refractivity contribution is 5.71. The molecule has 0 bridgehead atoms. The summed E-state index contributed by atoms with van der Waals surface area (Å²) in [7, 11) is 0. The number of aliphatic carboxylic acids is 1. The van der Waals surface area contributed by atoms with Crippen LogP contribution in [0.25, 0.3) is 0 Å². The minimum absolute atomic E-state index is 0.340. The van der Waals surface area contributed by atoms with E-state index < -0.39 is 5.97 Å². The number of piperidine rings is 1. The van der Waals surface area contributed by atoms with E-state index in [1.165, 1.54) is 5.69 Å². The van der Waals surface area contributed by atoms with Crippen molar-refractivity contribution in [1.82, 2.24) is 9.97 Å². The number of carboxylic acids is 1. The van der Waals surface area contributed by atoms with E-state index in [0.29, 0.717) is 12.5 Å². The molecule has 2 N–H and O–H groups in total. The molecule has 1 atom stereocenters. The lowest BCUT2D eigenvalue weighted by atomic mass is 9.98. The van der Waals surface area contributed by atoms with Gasteiger partial charge in [0.1, 0.15) is 5.82 Å². The molecule has 2 aliphatic heterocycles. The lowest BCUT2D eigenvalue weighted by Gasteiger charge is -2.31. The van der Waals surface area contributed by atoms with Crippen molar-refractivity contribution in [3.63, 3.8) is 0 Å². The summed E-state index contributed by atoms with van der Waals surface area (Å²) in [5.41, 5.74) is 2.09. The fourth-order valence-electron chi connectivity index (χ4n) is 3.68. The molecule has 2 aromatic rings. The molecule has 1 unspecified atom stereocenters. The van der Waals surface area contributed by atoms with Crippen molar-refractivity contribution in [3.05, 3.63) is 36.5 Å². The van der Waals surface area contributed by atoms with Crippen LogP contribution >= 0.6 is 0 Å². The van der Waals surface area contributed by atoms with Gasteiger partial charge < -0.3 is 25.0 Å². The van der Waals surface area contributed by atoms with Gasteiger partial charge in [0, 0.05) is 43.8 Å². The Bertz CT molecular complexity index is 808. The van der Waals surface area contributed by atoms with E-state index in [1.54, 1.807) is 6.20 Å². The molecule has 0 radical (unpaired) electrons. The van der Waals surface area contributed by atoms with E-state index in [4.69, 9.17) is 4.74 Å². The number of ether oxygens (including phenoxy) is 1. The molecular weight excluding hydrogens is 358 g/mol. The summed E-state index contributed by atoms with van der Waals surface area (Å²) in [4.78, 5) is 24.5. The van der Waals surface area contributed by atoms with Crippen molar-refractivity contribution in [2.75, 3.05) is 54.5 Å². The molecule has 1 aromatic carbocycles. The second-order valence-corrected chi connectivity index (χ2v) is 7.13. The molecule has 2 aliphatic rings. The van der Waals surface area contributed by atoms with Gasteiger partial charge in [-0.05, 0) is 43.2 Å². The lowest BCUT2D eigenvalue weighted by Crippen LogP contribution is -2.39. The van der Waals surface area contributed by atoms with Gasteiger partial charge in [-0.1, -0.05) is 0 Å². The highest BCUT2D eigenvalue weighted by Gasteiger charge is 2.26. The van der Waals surface area contributed by atoms with Gasteiger partial charge in [-0.3, -0.25) is 4.79 Å². The summed E-state index contributed by atoms with van der Waals surface area (Å²) in [5, 5.41) is 12.5. The third-order valence-corrected chi connectivity index (χ3v) is 5.24. The van der Waals surface area contributed by atoms with Crippen molar-refractivity contribution >= 4 is 29.1 Å². The Morgan fingerprint density at radius 1 is 1.11 bits per heavy atom. The smallest absolute Gasteiger partial charge is 0.308 e. The number of benzene rings is 1. The molecule has 2 saturated heterocycles. The quantitative estimate of drug-likeness (QED) is 0.813. The van der Waals surface area contributed by atoms with Gasteiger partial charge in [-0.25, -0.2) is 4.98 Å². The Balaban J connectivity index is 1.42. The van der Waals surface area contributed by atoms with Crippen LogP contribution < -0.4 is 15.1 Å². The maximum Gasteiger partial charge on any atom is 0.308 e. The predicted octanol–water partition coefficient (Wildman–Crippen LogP) is 2.36. The second kappa shape index (κ2) is 8.43. The zero-order chi connectivity index (χ0) is 19.3. The first-order valence-corrected chi connectivity index (χ1v) is 9.69. The molecule has 0 amide bonds. The van der Waals surface area contributed by atoms with Crippen LogP contribution in [0, 0.1) is 5.92 Å². The van der Waals surface area contributed by atoms with Crippen LogP contribution in [-0.2, 0) is 9.53 Å². The van der Waals surface area contributed by atoms with Gasteiger partial charge in [-0.2, -0.15) is 4.98 Å². The number of carboxylic acid groups (broad SMARTS) is 1. The van der Waals surface area contributed by atoms with E-state index in [1.807, 2.05) is 23.1 Å². The highest BCUT2D eigenvalue weighted by Crippen LogP contribution is 2.24. The zero-order valence-electron chi connectivity index (χ0n) is 15.8. The number of anilines is 4. The fourth-order valence-corrected chi connectivity index (χ4v) is 3.68. The van der Waals surface area contributed by atoms with Crippen molar-refractivity contribution in [3.8, 4) is 0 Å². The highest BCUT2D eigenvalue weighted by atomic mass is 16.5. The second-order valence-electron chi connectivity index (χ2n) is 7.13. The van der Waals surface area contributed by atoms with E-state index in [0.717, 1.165) is 57.2 Å². The molecule has 3 heterocycles. The Labute approximate surface area is 164 Å². The van der Waals surface area contributed by atoms with Crippen LogP contribution in [0.3, 0.4) is 0 Å². The standard InChI is InChI=1S/C20H25N5O3/c26-19(27)15-2-1-9-25(14-15)18-7-8-21-20(23-18)22-16-3-5-17(6-4-16)24-10-12-28-13-11-24/h3-8,15H,1-2,9-14H2,(H,26,27)(H,21,22,23). The summed E-state index contributed by atoms with van der Waals surface area (Å²) >= 11 is 0. The molecule has 0 spiro atoms. The maximum absolute atomic E-state index is 11.3. The molecule has 8 heteroatoms. The van der Waals surface area contributed by atoms with Crippen LogP contribution in [0.1, 0.15) is 12.8 Å². The average molecular weight is 383 g/mol. The molecule has 28 heavy (non-hydrogen) atoms. The van der Waals surface area contributed by atoms with Crippen LogP contribution in [0.2, 0.25) is 0 Å². The van der Waals surface area contributed by atoms with Crippen LogP contribution in [0.15, 0.2) is 36.5 Å². The summed E-state index contributed by atoms with van der Waals surface area (Å²) in [5.74, 6) is 0.188. The Morgan fingerprint density at radius 2 is 1.89 bits per heavy atom. The number of morpholine rings is 1. The number of carbonyl (C=O) groups is 1. The molecule has 0 saturated carbocycles. The predicted molar refractivity (Wildman–Crippen MR) is 107 cm³/mol. The van der Waals surface area contributed by atoms with Crippen LogP contribution in [-0.4, -0.2) is 60.4 Å². The average Bonchev–Trinajstić information content (AvgIpc) is 2.75. The van der Waals surface area contributed by atoms with Crippen molar-refractivity contribution in [1.29, 1.82) is 0 Å². The number of aromatic nitrogens is 2. The van der Waals surface area contributed by atoms with Gasteiger partial charge in [0.05, 0.1) is 19.1 Å². The molecule has 4 rings (SSSR count). The summed E-state index contributed by atoms with van der Waals surface area (Å²) in [6.07, 6.45) is 3.28. The van der Waals surface area contributed by atoms with Crippen LogP contribution in [0.5, 0.6) is 0 Å². The minimum atomic E-state index is -0.738. The number of hydrogen-bond donors (Lipinski definition) is 2. The maximum atomic E-state index is 11.3. The Kier molecular flexibility index (Phi) is 5.57. The summed E-state index contributed by atoms with van der Waals surface area (Å²) in [6, 6.07) is 10.0. The van der Waals surface area contributed by atoms with Gasteiger partial charge in [-0.15, -0.1) is 0 Å². The number of hydrogen-bond acceptors (Lipinski definition) is 7. The zero-order valence-corrected chi connectivity index (χ0v) is 15.8. The largest absolute Gasteiger partial charge is 0.481 e. The molecule has 8 nitrogen and oxygen atoms in total. The monoisotopic (exact) mass is 383 g/mol. The lowest BCUT2D eigenvalue weighted by molar-refractivity contribution is -0.141. The molecule has 0 aliphatic carbocycles. The van der Waals surface area contributed by atoms with E-state index in [9.17, 15) is 9.90 Å². The first-order chi connectivity index (χ1) is 13.7.